The molecule has 0 saturated heterocycles. The first-order valence-corrected chi connectivity index (χ1v) is 9.01. The van der Waals surface area contributed by atoms with Crippen molar-refractivity contribution in [3.63, 3.8) is 0 Å². The number of halogens is 2. The minimum Gasteiger partial charge on any atom is -0.326 e. The normalized spacial score (nSPS) is 10.6. The number of aryl methyl sites for hydroxylation is 2. The van der Waals surface area contributed by atoms with Gasteiger partial charge in [-0.25, -0.2) is 8.78 Å². The molecule has 2 aromatic carbocycles. The van der Waals surface area contributed by atoms with Gasteiger partial charge in [0.1, 0.15) is 17.3 Å². The molecule has 0 fully saturated rings. The molecule has 0 saturated carbocycles. The summed E-state index contributed by atoms with van der Waals surface area (Å²) < 4.78 is 28.0. The lowest BCUT2D eigenvalue weighted by atomic mass is 10.0. The van der Waals surface area contributed by atoms with E-state index in [2.05, 4.69) is 5.32 Å². The Morgan fingerprint density at radius 1 is 0.963 bits per heavy atom. The van der Waals surface area contributed by atoms with Crippen molar-refractivity contribution in [1.29, 1.82) is 0 Å². The highest BCUT2D eigenvalue weighted by Crippen LogP contribution is 2.25. The van der Waals surface area contributed by atoms with E-state index in [0.29, 0.717) is 0 Å². The molecule has 144 valence electrons. The fourth-order valence-corrected chi connectivity index (χ4v) is 2.99. The average Bonchev–Trinajstić information content (AvgIpc) is 2.63. The number of amides is 2. The molecule has 6 heteroatoms. The zero-order valence-electron chi connectivity index (χ0n) is 15.8. The molecule has 27 heavy (non-hydrogen) atoms. The van der Waals surface area contributed by atoms with Crippen molar-refractivity contribution in [2.75, 3.05) is 16.8 Å². The summed E-state index contributed by atoms with van der Waals surface area (Å²) in [6.45, 7) is 5.10. The third kappa shape index (κ3) is 4.90. The van der Waals surface area contributed by atoms with Gasteiger partial charge in [-0.05, 0) is 36.1 Å². The standard InChI is InChI=1S/C21H24F2N2O2/c1-4-15-8-6-9-16(5-2)20(15)24-19(27)12-13-25(14(3)26)21-17(22)10-7-11-18(21)23/h6-11H,4-5,12-13H2,1-3H3,(H,24,27). The number of hydrogen-bond donors (Lipinski definition) is 1. The van der Waals surface area contributed by atoms with E-state index in [1.165, 1.54) is 13.0 Å². The van der Waals surface area contributed by atoms with Crippen molar-refractivity contribution < 1.29 is 18.4 Å². The molecule has 0 aliphatic rings. The first-order valence-electron chi connectivity index (χ1n) is 9.01. The van der Waals surface area contributed by atoms with Crippen LogP contribution in [0.25, 0.3) is 0 Å². The SMILES string of the molecule is CCc1cccc(CC)c1NC(=O)CCN(C(C)=O)c1c(F)cccc1F. The van der Waals surface area contributed by atoms with Gasteiger partial charge < -0.3 is 10.2 Å². The van der Waals surface area contributed by atoms with Crippen molar-refractivity contribution in [3.05, 3.63) is 59.2 Å². The maximum absolute atomic E-state index is 14.0. The van der Waals surface area contributed by atoms with Crippen LogP contribution in [-0.4, -0.2) is 18.4 Å². The van der Waals surface area contributed by atoms with Gasteiger partial charge in [-0.3, -0.25) is 9.59 Å². The maximum Gasteiger partial charge on any atom is 0.226 e. The molecule has 0 aliphatic carbocycles. The fourth-order valence-electron chi connectivity index (χ4n) is 2.99. The van der Waals surface area contributed by atoms with Gasteiger partial charge in [0, 0.05) is 25.6 Å². The summed E-state index contributed by atoms with van der Waals surface area (Å²) in [6, 6.07) is 9.24. The molecule has 2 aromatic rings. The van der Waals surface area contributed by atoms with Gasteiger partial charge in [0.15, 0.2) is 0 Å². The number of nitrogens with zero attached hydrogens (tertiary/aromatic N) is 1. The molecule has 0 aromatic heterocycles. The van der Waals surface area contributed by atoms with Crippen LogP contribution in [0.4, 0.5) is 20.2 Å². The average molecular weight is 374 g/mol. The summed E-state index contributed by atoms with van der Waals surface area (Å²) >= 11 is 0. The van der Waals surface area contributed by atoms with Crippen LogP contribution in [0.2, 0.25) is 0 Å². The van der Waals surface area contributed by atoms with Crippen LogP contribution >= 0.6 is 0 Å². The lowest BCUT2D eigenvalue weighted by molar-refractivity contribution is -0.117. The fraction of sp³-hybridized carbons (Fsp3) is 0.333. The van der Waals surface area contributed by atoms with Gasteiger partial charge in [0.05, 0.1) is 0 Å². The minimum atomic E-state index is -0.838. The van der Waals surface area contributed by atoms with Crippen LogP contribution < -0.4 is 10.2 Å². The largest absolute Gasteiger partial charge is 0.326 e. The first kappa shape index (κ1) is 20.6. The van der Waals surface area contributed by atoms with E-state index in [4.69, 9.17) is 0 Å². The van der Waals surface area contributed by atoms with E-state index < -0.39 is 23.2 Å². The van der Waals surface area contributed by atoms with Crippen LogP contribution in [-0.2, 0) is 22.4 Å². The van der Waals surface area contributed by atoms with Gasteiger partial charge in [0.2, 0.25) is 11.8 Å². The van der Waals surface area contributed by atoms with Crippen LogP contribution in [0.3, 0.4) is 0 Å². The molecular formula is C21H24F2N2O2. The molecule has 0 bridgehead atoms. The number of carbonyl (C=O) groups is 2. The van der Waals surface area contributed by atoms with Crippen molar-refractivity contribution in [3.8, 4) is 0 Å². The Bertz CT molecular complexity index is 794. The molecule has 0 atom stereocenters. The van der Waals surface area contributed by atoms with Crippen LogP contribution in [0.15, 0.2) is 36.4 Å². The molecule has 0 heterocycles. The van der Waals surface area contributed by atoms with Gasteiger partial charge in [0.25, 0.3) is 0 Å². The summed E-state index contributed by atoms with van der Waals surface area (Å²) in [5.74, 6) is -2.52. The molecule has 2 rings (SSSR count). The Morgan fingerprint density at radius 2 is 1.48 bits per heavy atom. The number of nitrogens with one attached hydrogen (secondary N) is 1. The molecule has 0 unspecified atom stereocenters. The lowest BCUT2D eigenvalue weighted by Gasteiger charge is -2.22. The van der Waals surface area contributed by atoms with E-state index in [-0.39, 0.29) is 18.9 Å². The monoisotopic (exact) mass is 374 g/mol. The van der Waals surface area contributed by atoms with Gasteiger partial charge in [-0.15, -0.1) is 0 Å². The van der Waals surface area contributed by atoms with Crippen molar-refractivity contribution in [2.45, 2.75) is 40.0 Å². The molecule has 0 radical (unpaired) electrons. The third-order valence-electron chi connectivity index (χ3n) is 4.41. The summed E-state index contributed by atoms with van der Waals surface area (Å²) in [4.78, 5) is 25.3. The van der Waals surface area contributed by atoms with E-state index in [1.54, 1.807) is 0 Å². The second kappa shape index (κ2) is 9.26. The predicted octanol–water partition coefficient (Wildman–Crippen LogP) is 4.47. The quantitative estimate of drug-likeness (QED) is 0.777. The molecular weight excluding hydrogens is 350 g/mol. The number of hydrogen-bond acceptors (Lipinski definition) is 2. The second-order valence-corrected chi connectivity index (χ2v) is 6.20. The molecule has 4 nitrogen and oxygen atoms in total. The highest BCUT2D eigenvalue weighted by atomic mass is 19.1. The third-order valence-corrected chi connectivity index (χ3v) is 4.41. The smallest absolute Gasteiger partial charge is 0.226 e. The lowest BCUT2D eigenvalue weighted by Crippen LogP contribution is -2.33. The van der Waals surface area contributed by atoms with E-state index >= 15 is 0 Å². The zero-order valence-corrected chi connectivity index (χ0v) is 15.8. The number of benzene rings is 2. The predicted molar refractivity (Wildman–Crippen MR) is 103 cm³/mol. The molecule has 0 spiro atoms. The summed E-state index contributed by atoms with van der Waals surface area (Å²) in [7, 11) is 0. The molecule has 0 aliphatic heterocycles. The highest BCUT2D eigenvalue weighted by Gasteiger charge is 2.21. The Labute approximate surface area is 158 Å². The first-order chi connectivity index (χ1) is 12.9. The van der Waals surface area contributed by atoms with Gasteiger partial charge in [-0.2, -0.15) is 0 Å². The van der Waals surface area contributed by atoms with Gasteiger partial charge >= 0.3 is 0 Å². The Balaban J connectivity index is 2.15. The van der Waals surface area contributed by atoms with Crippen LogP contribution in [0, 0.1) is 11.6 Å². The van der Waals surface area contributed by atoms with Crippen molar-refractivity contribution >= 4 is 23.2 Å². The van der Waals surface area contributed by atoms with E-state index in [1.807, 2.05) is 32.0 Å². The number of rotatable bonds is 7. The Hall–Kier alpha value is -2.76. The zero-order chi connectivity index (χ0) is 20.0. The maximum atomic E-state index is 14.0. The summed E-state index contributed by atoms with van der Waals surface area (Å²) in [5, 5.41) is 2.89. The summed E-state index contributed by atoms with van der Waals surface area (Å²) in [5.41, 5.74) is 2.39. The molecule has 1 N–H and O–H groups in total. The van der Waals surface area contributed by atoms with Crippen LogP contribution in [0.5, 0.6) is 0 Å². The topological polar surface area (TPSA) is 49.4 Å². The molecule has 2 amide bonds. The van der Waals surface area contributed by atoms with Gasteiger partial charge in [-0.1, -0.05) is 38.1 Å². The Morgan fingerprint density at radius 3 is 1.96 bits per heavy atom. The van der Waals surface area contributed by atoms with E-state index in [0.717, 1.165) is 46.7 Å². The van der Waals surface area contributed by atoms with Crippen molar-refractivity contribution in [1.82, 2.24) is 0 Å². The summed E-state index contributed by atoms with van der Waals surface area (Å²) in [6.07, 6.45) is 1.46. The van der Waals surface area contributed by atoms with E-state index in [9.17, 15) is 18.4 Å². The van der Waals surface area contributed by atoms with Crippen LogP contribution in [0.1, 0.15) is 38.3 Å². The number of carbonyl (C=O) groups excluding carboxylic acids is 2. The number of para-hydroxylation sites is 2. The highest BCUT2D eigenvalue weighted by molar-refractivity contribution is 5.95. The minimum absolute atomic E-state index is 0.0748. The Kier molecular flexibility index (Phi) is 7.05. The number of anilines is 2. The van der Waals surface area contributed by atoms with Crippen molar-refractivity contribution in [2.24, 2.45) is 0 Å². The second-order valence-electron chi connectivity index (χ2n) is 6.20.